The minimum Gasteiger partial charge on any atom is -0.507 e. The molecule has 1 amide bonds. The Kier molecular flexibility index (Phi) is 5.96. The predicted molar refractivity (Wildman–Crippen MR) is 116 cm³/mol. The topological polar surface area (TPSA) is 61.8 Å². The molecule has 5 heteroatoms. The fraction of sp³-hybridized carbons (Fsp3) is 0.292. The second-order valence-corrected chi connectivity index (χ2v) is 7.41. The molecule has 0 aliphatic carbocycles. The highest BCUT2D eigenvalue weighted by atomic mass is 16.5. The molecule has 0 unspecified atom stereocenters. The van der Waals surface area contributed by atoms with E-state index in [4.69, 9.17) is 4.74 Å². The van der Waals surface area contributed by atoms with Crippen LogP contribution in [-0.2, 0) is 0 Å². The van der Waals surface area contributed by atoms with E-state index in [2.05, 4.69) is 10.2 Å². The average molecular weight is 390 g/mol. The Morgan fingerprint density at radius 2 is 1.66 bits per heavy atom. The summed E-state index contributed by atoms with van der Waals surface area (Å²) in [4.78, 5) is 15.1. The van der Waals surface area contributed by atoms with E-state index in [-0.39, 0.29) is 11.7 Å². The number of phenols is 1. The molecule has 0 radical (unpaired) electrons. The number of anilines is 1. The first-order valence-electron chi connectivity index (χ1n) is 10.2. The summed E-state index contributed by atoms with van der Waals surface area (Å²) in [6.45, 7) is 3.92. The number of hydrogen-bond acceptors (Lipinski definition) is 4. The molecule has 0 aromatic heterocycles. The Hall–Kier alpha value is -3.05. The van der Waals surface area contributed by atoms with Crippen molar-refractivity contribution in [2.75, 3.05) is 31.6 Å². The standard InChI is InChI=1S/C24H26N2O3/c27-23-13-12-22(20-6-2-3-7-21(20)23)25-24(28)18-8-10-19(11-9-18)29-17-16-26-14-4-1-5-15-26/h2-3,6-13,27H,1,4-5,14-17H2,(H,25,28). The summed E-state index contributed by atoms with van der Waals surface area (Å²) < 4.78 is 5.83. The lowest BCUT2D eigenvalue weighted by molar-refractivity contribution is 0.102. The van der Waals surface area contributed by atoms with Crippen molar-refractivity contribution in [3.8, 4) is 11.5 Å². The number of hydrogen-bond donors (Lipinski definition) is 2. The first-order valence-corrected chi connectivity index (χ1v) is 10.2. The van der Waals surface area contributed by atoms with E-state index < -0.39 is 0 Å². The number of fused-ring (bicyclic) bond motifs is 1. The van der Waals surface area contributed by atoms with Gasteiger partial charge in [0.1, 0.15) is 18.1 Å². The molecule has 0 saturated carbocycles. The molecule has 1 aliphatic heterocycles. The molecular formula is C24H26N2O3. The fourth-order valence-corrected chi connectivity index (χ4v) is 3.76. The monoisotopic (exact) mass is 390 g/mol. The molecule has 1 fully saturated rings. The van der Waals surface area contributed by atoms with Crippen molar-refractivity contribution >= 4 is 22.4 Å². The number of nitrogens with zero attached hydrogens (tertiary/aromatic N) is 1. The lowest BCUT2D eigenvalue weighted by Crippen LogP contribution is -2.33. The van der Waals surface area contributed by atoms with Crippen LogP contribution < -0.4 is 10.1 Å². The van der Waals surface area contributed by atoms with Crippen molar-refractivity contribution < 1.29 is 14.6 Å². The molecular weight excluding hydrogens is 364 g/mol. The van der Waals surface area contributed by atoms with Crippen molar-refractivity contribution in [1.82, 2.24) is 4.90 Å². The number of carbonyl (C=O) groups is 1. The first-order chi connectivity index (χ1) is 14.2. The van der Waals surface area contributed by atoms with Gasteiger partial charge in [-0.2, -0.15) is 0 Å². The average Bonchev–Trinajstić information content (AvgIpc) is 2.77. The van der Waals surface area contributed by atoms with Crippen LogP contribution in [0.2, 0.25) is 0 Å². The summed E-state index contributed by atoms with van der Waals surface area (Å²) in [5, 5.41) is 14.5. The lowest BCUT2D eigenvalue weighted by Gasteiger charge is -2.26. The first kappa shape index (κ1) is 19.3. The smallest absolute Gasteiger partial charge is 0.255 e. The SMILES string of the molecule is O=C(Nc1ccc(O)c2ccccc12)c1ccc(OCCN2CCCCC2)cc1. The minimum absolute atomic E-state index is 0.194. The maximum absolute atomic E-state index is 12.7. The zero-order valence-electron chi connectivity index (χ0n) is 16.4. The van der Waals surface area contributed by atoms with E-state index >= 15 is 0 Å². The molecule has 4 rings (SSSR count). The van der Waals surface area contributed by atoms with Gasteiger partial charge in [-0.15, -0.1) is 0 Å². The van der Waals surface area contributed by atoms with E-state index in [1.165, 1.54) is 19.3 Å². The van der Waals surface area contributed by atoms with Crippen molar-refractivity contribution in [3.05, 3.63) is 66.2 Å². The third-order valence-corrected chi connectivity index (χ3v) is 5.39. The summed E-state index contributed by atoms with van der Waals surface area (Å²) in [6, 6.07) is 18.0. The van der Waals surface area contributed by atoms with E-state index in [0.29, 0.717) is 23.2 Å². The summed E-state index contributed by atoms with van der Waals surface area (Å²) in [5.74, 6) is 0.777. The molecule has 0 atom stereocenters. The highest BCUT2D eigenvalue weighted by Gasteiger charge is 2.11. The van der Waals surface area contributed by atoms with E-state index in [1.54, 1.807) is 24.3 Å². The summed E-state index contributed by atoms with van der Waals surface area (Å²) in [7, 11) is 0. The van der Waals surface area contributed by atoms with Crippen LogP contribution in [0.3, 0.4) is 0 Å². The summed E-state index contributed by atoms with van der Waals surface area (Å²) in [5.41, 5.74) is 1.23. The summed E-state index contributed by atoms with van der Waals surface area (Å²) in [6.07, 6.45) is 3.89. The van der Waals surface area contributed by atoms with Gasteiger partial charge in [0, 0.05) is 28.6 Å². The van der Waals surface area contributed by atoms with Gasteiger partial charge in [0.2, 0.25) is 0 Å². The third kappa shape index (κ3) is 4.69. The number of rotatable bonds is 6. The molecule has 29 heavy (non-hydrogen) atoms. The molecule has 1 heterocycles. The Labute approximate surface area is 170 Å². The number of carbonyl (C=O) groups excluding carboxylic acids is 1. The van der Waals surface area contributed by atoms with E-state index in [1.807, 2.05) is 36.4 Å². The number of benzene rings is 3. The fourth-order valence-electron chi connectivity index (χ4n) is 3.76. The third-order valence-electron chi connectivity index (χ3n) is 5.39. The molecule has 2 N–H and O–H groups in total. The highest BCUT2D eigenvalue weighted by Crippen LogP contribution is 2.30. The van der Waals surface area contributed by atoms with Crippen molar-refractivity contribution in [2.24, 2.45) is 0 Å². The van der Waals surface area contributed by atoms with Crippen LogP contribution in [0.4, 0.5) is 5.69 Å². The number of phenolic OH excluding ortho intramolecular Hbond substituents is 1. The molecule has 1 aliphatic rings. The van der Waals surface area contributed by atoms with Gasteiger partial charge in [0.25, 0.3) is 5.91 Å². The molecule has 1 saturated heterocycles. The van der Waals surface area contributed by atoms with Crippen molar-refractivity contribution in [3.63, 3.8) is 0 Å². The maximum atomic E-state index is 12.7. The Morgan fingerprint density at radius 1 is 0.931 bits per heavy atom. The van der Waals surface area contributed by atoms with Gasteiger partial charge in [-0.3, -0.25) is 9.69 Å². The normalized spacial score (nSPS) is 14.6. The molecule has 5 nitrogen and oxygen atoms in total. The van der Waals surface area contributed by atoms with Crippen LogP contribution in [0, 0.1) is 0 Å². The second kappa shape index (κ2) is 8.97. The Bertz CT molecular complexity index is 979. The second-order valence-electron chi connectivity index (χ2n) is 7.41. The zero-order valence-corrected chi connectivity index (χ0v) is 16.4. The van der Waals surface area contributed by atoms with Crippen LogP contribution >= 0.6 is 0 Å². The number of piperidine rings is 1. The van der Waals surface area contributed by atoms with Gasteiger partial charge >= 0.3 is 0 Å². The number of ether oxygens (including phenoxy) is 1. The van der Waals surface area contributed by atoms with E-state index in [0.717, 1.165) is 30.8 Å². The van der Waals surface area contributed by atoms with Crippen molar-refractivity contribution in [2.45, 2.75) is 19.3 Å². The van der Waals surface area contributed by atoms with E-state index in [9.17, 15) is 9.90 Å². The van der Waals surface area contributed by atoms with Crippen LogP contribution in [0.1, 0.15) is 29.6 Å². The van der Waals surface area contributed by atoms with Gasteiger partial charge in [0.15, 0.2) is 0 Å². The van der Waals surface area contributed by atoms with Gasteiger partial charge < -0.3 is 15.2 Å². The van der Waals surface area contributed by atoms with Gasteiger partial charge in [-0.1, -0.05) is 30.7 Å². The Morgan fingerprint density at radius 3 is 2.41 bits per heavy atom. The van der Waals surface area contributed by atoms with Crippen LogP contribution in [0.15, 0.2) is 60.7 Å². The van der Waals surface area contributed by atoms with Gasteiger partial charge in [-0.05, 0) is 62.3 Å². The minimum atomic E-state index is -0.194. The maximum Gasteiger partial charge on any atom is 0.255 e. The quantitative estimate of drug-likeness (QED) is 0.601. The van der Waals surface area contributed by atoms with Crippen LogP contribution in [-0.4, -0.2) is 42.2 Å². The number of aromatic hydroxyl groups is 1. The van der Waals surface area contributed by atoms with Gasteiger partial charge in [0.05, 0.1) is 0 Å². The molecule has 0 bridgehead atoms. The summed E-state index contributed by atoms with van der Waals surface area (Å²) >= 11 is 0. The number of amides is 1. The number of nitrogens with one attached hydrogen (secondary N) is 1. The number of likely N-dealkylation sites (tertiary alicyclic amines) is 1. The Balaban J connectivity index is 1.36. The predicted octanol–water partition coefficient (Wildman–Crippen LogP) is 4.66. The van der Waals surface area contributed by atoms with Crippen molar-refractivity contribution in [1.29, 1.82) is 0 Å². The van der Waals surface area contributed by atoms with Crippen LogP contribution in [0.25, 0.3) is 10.8 Å². The van der Waals surface area contributed by atoms with Crippen LogP contribution in [0.5, 0.6) is 11.5 Å². The van der Waals surface area contributed by atoms with Gasteiger partial charge in [-0.25, -0.2) is 0 Å². The lowest BCUT2D eigenvalue weighted by atomic mass is 10.1. The molecule has 0 spiro atoms. The molecule has 3 aromatic rings. The largest absolute Gasteiger partial charge is 0.507 e. The zero-order chi connectivity index (χ0) is 20.1. The molecule has 150 valence electrons. The molecule has 3 aromatic carbocycles. The highest BCUT2D eigenvalue weighted by molar-refractivity contribution is 6.10.